The van der Waals surface area contributed by atoms with Crippen molar-refractivity contribution in [3.05, 3.63) is 144 Å². The van der Waals surface area contributed by atoms with Gasteiger partial charge in [-0.15, -0.1) is 0 Å². The molecule has 0 aromatic heterocycles. The number of benzene rings is 5. The molecule has 0 N–H and O–H groups in total. The molecule has 216 valence electrons. The minimum absolute atomic E-state index is 0.118. The number of fused-ring (bicyclic) bond motifs is 5. The van der Waals surface area contributed by atoms with Gasteiger partial charge in [0.15, 0.2) is 0 Å². The van der Waals surface area contributed by atoms with E-state index >= 15 is 0 Å². The van der Waals surface area contributed by atoms with Gasteiger partial charge in [-0.25, -0.2) is 0 Å². The van der Waals surface area contributed by atoms with Crippen LogP contribution < -0.4 is 4.90 Å². The van der Waals surface area contributed by atoms with E-state index in [-0.39, 0.29) is 5.41 Å². The largest absolute Gasteiger partial charge is 0.310 e. The second kappa shape index (κ2) is 11.1. The Bertz CT molecular complexity index is 1870. The maximum Gasteiger partial charge on any atom is 0.0467 e. The predicted molar refractivity (Wildman–Crippen MR) is 186 cm³/mol. The number of anilines is 3. The first-order chi connectivity index (χ1) is 21.7. The van der Waals surface area contributed by atoms with E-state index in [0.29, 0.717) is 5.92 Å². The van der Waals surface area contributed by atoms with Crippen molar-refractivity contribution >= 4 is 28.8 Å². The van der Waals surface area contributed by atoms with Crippen molar-refractivity contribution in [2.75, 3.05) is 11.4 Å². The number of hydrogen-bond donors (Lipinski definition) is 0. The minimum Gasteiger partial charge on any atom is -0.310 e. The molecule has 0 radical (unpaired) electrons. The van der Waals surface area contributed by atoms with Crippen molar-refractivity contribution in [2.45, 2.75) is 44.4 Å². The van der Waals surface area contributed by atoms with Gasteiger partial charge in [-0.2, -0.15) is 0 Å². The van der Waals surface area contributed by atoms with Crippen LogP contribution in [0.5, 0.6) is 0 Å². The van der Waals surface area contributed by atoms with E-state index in [4.69, 9.17) is 0 Å². The predicted octanol–water partition coefficient (Wildman–Crippen LogP) is 11.2. The number of aliphatic imine (C=N–C) groups is 1. The number of rotatable bonds is 5. The molecule has 0 bridgehead atoms. The first kappa shape index (κ1) is 26.9. The van der Waals surface area contributed by atoms with E-state index in [1.54, 1.807) is 0 Å². The van der Waals surface area contributed by atoms with Crippen LogP contribution in [0.2, 0.25) is 0 Å². The van der Waals surface area contributed by atoms with Crippen LogP contribution in [0.15, 0.2) is 132 Å². The maximum atomic E-state index is 4.50. The van der Waals surface area contributed by atoms with Crippen molar-refractivity contribution < 1.29 is 0 Å². The van der Waals surface area contributed by atoms with Crippen LogP contribution in [0.25, 0.3) is 27.8 Å². The molecule has 1 saturated carbocycles. The fraction of sp³-hybridized carbons (Fsp3) is 0.214. The quantitative estimate of drug-likeness (QED) is 0.205. The third kappa shape index (κ3) is 4.52. The maximum absolute atomic E-state index is 4.50. The molecule has 1 heterocycles. The highest BCUT2D eigenvalue weighted by molar-refractivity contribution is 5.90. The molecule has 1 atom stereocenters. The fourth-order valence-electron chi connectivity index (χ4n) is 7.98. The van der Waals surface area contributed by atoms with Crippen LogP contribution >= 0.6 is 0 Å². The summed E-state index contributed by atoms with van der Waals surface area (Å²) in [5, 5.41) is 0. The molecular weight excluding hydrogens is 532 g/mol. The summed E-state index contributed by atoms with van der Waals surface area (Å²) in [4.78, 5) is 6.96. The smallest absolute Gasteiger partial charge is 0.0467 e. The molecule has 1 aliphatic heterocycles. The van der Waals surface area contributed by atoms with E-state index in [0.717, 1.165) is 6.54 Å². The zero-order chi connectivity index (χ0) is 29.5. The molecule has 1 unspecified atom stereocenters. The van der Waals surface area contributed by atoms with Gasteiger partial charge in [0, 0.05) is 41.2 Å². The van der Waals surface area contributed by atoms with Gasteiger partial charge in [0.1, 0.15) is 0 Å². The van der Waals surface area contributed by atoms with Crippen molar-refractivity contribution in [3.63, 3.8) is 0 Å². The summed E-state index contributed by atoms with van der Waals surface area (Å²) in [5.41, 5.74) is 14.7. The molecule has 1 spiro atoms. The lowest BCUT2D eigenvalue weighted by molar-refractivity contribution is 0.353. The minimum atomic E-state index is 0.118. The number of hydrogen-bond acceptors (Lipinski definition) is 2. The molecule has 0 saturated heterocycles. The molecule has 2 nitrogen and oxygen atoms in total. The van der Waals surface area contributed by atoms with Gasteiger partial charge in [0.05, 0.1) is 0 Å². The lowest BCUT2D eigenvalue weighted by Gasteiger charge is -2.36. The summed E-state index contributed by atoms with van der Waals surface area (Å²) < 4.78 is 0. The van der Waals surface area contributed by atoms with Crippen molar-refractivity contribution in [1.29, 1.82) is 0 Å². The average Bonchev–Trinajstić information content (AvgIpc) is 3.34. The van der Waals surface area contributed by atoms with Crippen molar-refractivity contribution in [1.82, 2.24) is 0 Å². The van der Waals surface area contributed by atoms with E-state index in [1.165, 1.54) is 93.7 Å². The number of dihydropyridines is 1. The molecule has 2 heteroatoms. The molecule has 0 amide bonds. The molecule has 44 heavy (non-hydrogen) atoms. The Balaban J connectivity index is 1.28. The molecular formula is C42H38N2. The van der Waals surface area contributed by atoms with Gasteiger partial charge in [-0.1, -0.05) is 111 Å². The zero-order valence-electron chi connectivity index (χ0n) is 25.4. The van der Waals surface area contributed by atoms with Crippen molar-refractivity contribution in [3.8, 4) is 22.3 Å². The van der Waals surface area contributed by atoms with E-state index in [2.05, 4.69) is 144 Å². The third-order valence-electron chi connectivity index (χ3n) is 10.2. The second-order valence-corrected chi connectivity index (χ2v) is 12.8. The summed E-state index contributed by atoms with van der Waals surface area (Å²) in [6.07, 6.45) is 10.5. The first-order valence-electron chi connectivity index (χ1n) is 16.2. The van der Waals surface area contributed by atoms with Gasteiger partial charge >= 0.3 is 0 Å². The second-order valence-electron chi connectivity index (χ2n) is 12.8. The first-order valence-corrected chi connectivity index (χ1v) is 16.2. The molecule has 5 aromatic carbocycles. The van der Waals surface area contributed by atoms with Gasteiger partial charge < -0.3 is 4.90 Å². The summed E-state index contributed by atoms with van der Waals surface area (Å²) in [7, 11) is 0. The lowest BCUT2D eigenvalue weighted by Crippen LogP contribution is -2.28. The van der Waals surface area contributed by atoms with Crippen LogP contribution in [0, 0.1) is 5.92 Å². The van der Waals surface area contributed by atoms with Gasteiger partial charge in [0.25, 0.3) is 0 Å². The molecule has 2 aliphatic carbocycles. The summed E-state index contributed by atoms with van der Waals surface area (Å²) in [6, 6.07) is 45.2. The molecule has 3 aliphatic rings. The summed E-state index contributed by atoms with van der Waals surface area (Å²) in [5.74, 6) is 0.401. The van der Waals surface area contributed by atoms with Crippen LogP contribution in [-0.2, 0) is 5.41 Å². The molecule has 1 fully saturated rings. The number of allylic oxidation sites excluding steroid dienone is 1. The van der Waals surface area contributed by atoms with Crippen LogP contribution in [0.1, 0.15) is 55.7 Å². The summed E-state index contributed by atoms with van der Waals surface area (Å²) in [6.45, 7) is 3.12. The van der Waals surface area contributed by atoms with E-state index < -0.39 is 0 Å². The Morgan fingerprint density at radius 1 is 0.591 bits per heavy atom. The SMILES string of the molecule is CC1CN=CC=C1c1cccc(N(c2ccc(-c3ccccc3)cc2)c2ccc3c(c2)C2(CCCCC2)c2ccccc2-3)c1. The van der Waals surface area contributed by atoms with Gasteiger partial charge in [-0.05, 0) is 99.8 Å². The van der Waals surface area contributed by atoms with Crippen molar-refractivity contribution in [2.24, 2.45) is 10.9 Å². The molecule has 8 rings (SSSR count). The third-order valence-corrected chi connectivity index (χ3v) is 10.2. The monoisotopic (exact) mass is 570 g/mol. The average molecular weight is 571 g/mol. The van der Waals surface area contributed by atoms with Crippen LogP contribution in [0.3, 0.4) is 0 Å². The highest BCUT2D eigenvalue weighted by atomic mass is 15.1. The highest BCUT2D eigenvalue weighted by Gasteiger charge is 2.43. The Labute approximate surface area is 261 Å². The topological polar surface area (TPSA) is 15.6 Å². The Morgan fingerprint density at radius 2 is 1.27 bits per heavy atom. The van der Waals surface area contributed by atoms with E-state index in [9.17, 15) is 0 Å². The lowest BCUT2D eigenvalue weighted by atomic mass is 9.68. The Morgan fingerprint density at radius 3 is 2.09 bits per heavy atom. The standard InChI is InChI=1S/C42H38N2/c1-30-29-43-26-23-37(30)33-13-10-14-35(27-33)44(34-19-17-32(18-20-34)31-11-4-2-5-12-31)36-21-22-39-38-15-6-7-16-40(38)42(41(39)28-36)24-8-3-9-25-42/h2,4-7,10-23,26-28,30H,3,8-9,24-25,29H2,1H3. The summed E-state index contributed by atoms with van der Waals surface area (Å²) >= 11 is 0. The normalized spacial score (nSPS) is 18.0. The fourth-order valence-corrected chi connectivity index (χ4v) is 7.98. The Kier molecular flexibility index (Phi) is 6.79. The zero-order valence-corrected chi connectivity index (χ0v) is 25.4. The van der Waals surface area contributed by atoms with E-state index in [1.807, 2.05) is 6.21 Å². The van der Waals surface area contributed by atoms with Gasteiger partial charge in [-0.3, -0.25) is 4.99 Å². The van der Waals surface area contributed by atoms with Crippen LogP contribution in [-0.4, -0.2) is 12.8 Å². The van der Waals surface area contributed by atoms with Crippen LogP contribution in [0.4, 0.5) is 17.1 Å². The molecule has 5 aromatic rings. The Hall–Kier alpha value is -4.69. The highest BCUT2D eigenvalue weighted by Crippen LogP contribution is 2.56. The van der Waals surface area contributed by atoms with Gasteiger partial charge in [0.2, 0.25) is 0 Å². The number of nitrogens with zero attached hydrogens (tertiary/aromatic N) is 2.